The molecule has 0 N–H and O–H groups in total. The molecule has 0 bridgehead atoms. The van der Waals surface area contributed by atoms with Crippen molar-refractivity contribution in [3.8, 4) is 0 Å². The van der Waals surface area contributed by atoms with Crippen molar-refractivity contribution in [2.45, 2.75) is 56.7 Å². The maximum Gasteiger partial charge on any atom is 0.335 e. The van der Waals surface area contributed by atoms with Crippen LogP contribution in [-0.2, 0) is 18.8 Å². The number of esters is 1. The molecule has 0 aromatic carbocycles. The lowest BCUT2D eigenvalue weighted by atomic mass is 9.93. The van der Waals surface area contributed by atoms with E-state index in [1.807, 2.05) is 0 Å². The van der Waals surface area contributed by atoms with Gasteiger partial charge in [0.1, 0.15) is 6.61 Å². The van der Waals surface area contributed by atoms with Gasteiger partial charge in [-0.3, -0.25) is 4.79 Å². The van der Waals surface area contributed by atoms with Gasteiger partial charge in [0.15, 0.2) is 14.4 Å². The highest BCUT2D eigenvalue weighted by Crippen LogP contribution is 2.47. The summed E-state index contributed by atoms with van der Waals surface area (Å²) >= 11 is 6.73. The van der Waals surface area contributed by atoms with Crippen molar-refractivity contribution >= 4 is 48.4 Å². The third-order valence-electron chi connectivity index (χ3n) is 5.19. The monoisotopic (exact) mass is 401 g/mol. The van der Waals surface area contributed by atoms with Gasteiger partial charge in [-0.15, -0.1) is 0 Å². The van der Waals surface area contributed by atoms with Gasteiger partial charge in [-0.05, 0) is 24.6 Å². The number of thioether (sulfide) groups is 1. The molecule has 0 saturated carbocycles. The normalized spacial score (nSPS) is 26.3. The first-order chi connectivity index (χ1) is 11.5. The van der Waals surface area contributed by atoms with Crippen molar-refractivity contribution in [1.82, 2.24) is 4.90 Å². The van der Waals surface area contributed by atoms with Crippen LogP contribution in [0.1, 0.15) is 27.2 Å². The molecular formula is C17H27NO4S2Si. The molecule has 25 heavy (non-hydrogen) atoms. The van der Waals surface area contributed by atoms with Gasteiger partial charge < -0.3 is 14.1 Å². The maximum absolute atomic E-state index is 12.5. The molecule has 2 fully saturated rings. The number of rotatable bonds is 7. The summed E-state index contributed by atoms with van der Waals surface area (Å²) in [5.74, 6) is -0.633. The summed E-state index contributed by atoms with van der Waals surface area (Å²) in [4.78, 5) is 26.2. The Morgan fingerprint density at radius 3 is 2.64 bits per heavy atom. The number of ether oxygens (including phenoxy) is 1. The van der Waals surface area contributed by atoms with Crippen molar-refractivity contribution in [2.24, 2.45) is 5.92 Å². The Morgan fingerprint density at radius 1 is 1.44 bits per heavy atom. The fraction of sp³-hybridized carbons (Fsp3) is 0.706. The summed E-state index contributed by atoms with van der Waals surface area (Å²) in [5, 5.41) is 0.0797. The predicted octanol–water partition coefficient (Wildman–Crippen LogP) is 3.35. The number of amides is 1. The number of hydrogen-bond acceptors (Lipinski definition) is 6. The van der Waals surface area contributed by atoms with Crippen LogP contribution in [0, 0.1) is 5.92 Å². The summed E-state index contributed by atoms with van der Waals surface area (Å²) in [6, 6.07) is -0.741. The topological polar surface area (TPSA) is 55.8 Å². The van der Waals surface area contributed by atoms with Gasteiger partial charge in [-0.2, -0.15) is 0 Å². The molecule has 8 heteroatoms. The van der Waals surface area contributed by atoms with Crippen LogP contribution in [-0.4, -0.2) is 53.9 Å². The number of β-lactam (4-membered cyclic amide) rings is 1. The van der Waals surface area contributed by atoms with Crippen molar-refractivity contribution in [2.75, 3.05) is 13.2 Å². The zero-order valence-corrected chi connectivity index (χ0v) is 18.2. The molecule has 0 aromatic heterocycles. The van der Waals surface area contributed by atoms with Gasteiger partial charge in [0.05, 0.1) is 15.5 Å². The fourth-order valence-electron chi connectivity index (χ4n) is 2.61. The third-order valence-corrected chi connectivity index (χ3v) is 11.5. The van der Waals surface area contributed by atoms with E-state index in [0.717, 1.165) is 0 Å². The van der Waals surface area contributed by atoms with Crippen LogP contribution in [0.4, 0.5) is 0 Å². The summed E-state index contributed by atoms with van der Waals surface area (Å²) in [5.41, 5.74) is 0. The Bertz CT molecular complexity index is 588. The molecule has 1 amide bonds. The zero-order valence-electron chi connectivity index (χ0n) is 15.5. The van der Waals surface area contributed by atoms with Gasteiger partial charge >= 0.3 is 5.97 Å². The van der Waals surface area contributed by atoms with E-state index in [9.17, 15) is 9.59 Å². The Balaban J connectivity index is 1.92. The molecule has 0 aliphatic carbocycles. The molecule has 0 radical (unpaired) electrons. The molecule has 2 aliphatic heterocycles. The molecule has 1 unspecified atom stereocenters. The first-order valence-corrected chi connectivity index (χ1v) is 12.6. The highest BCUT2D eigenvalue weighted by Gasteiger charge is 2.59. The van der Waals surface area contributed by atoms with Crippen LogP contribution in [0.3, 0.4) is 0 Å². The minimum atomic E-state index is -1.82. The molecule has 0 aromatic rings. The van der Waals surface area contributed by atoms with E-state index in [-0.39, 0.29) is 28.8 Å². The number of hydrogen-bond donors (Lipinski definition) is 0. The fourth-order valence-corrected chi connectivity index (χ4v) is 5.51. The quantitative estimate of drug-likeness (QED) is 0.214. The Hall–Kier alpha value is -0.703. The zero-order chi connectivity index (χ0) is 19.0. The molecule has 2 saturated heterocycles. The second-order valence-corrected chi connectivity index (χ2v) is 14.6. The van der Waals surface area contributed by atoms with Gasteiger partial charge in [0.2, 0.25) is 5.91 Å². The van der Waals surface area contributed by atoms with Crippen molar-refractivity contribution in [3.05, 3.63) is 12.7 Å². The summed E-state index contributed by atoms with van der Waals surface area (Å²) < 4.78 is 11.8. The second kappa shape index (κ2) is 7.50. The van der Waals surface area contributed by atoms with Crippen LogP contribution < -0.4 is 0 Å². The summed E-state index contributed by atoms with van der Waals surface area (Å²) in [7, 11) is -1.82. The highest BCUT2D eigenvalue weighted by atomic mass is 32.2. The largest absolute Gasteiger partial charge is 0.460 e. The van der Waals surface area contributed by atoms with E-state index < -0.39 is 20.3 Å². The van der Waals surface area contributed by atoms with E-state index in [0.29, 0.717) is 17.2 Å². The standard InChI is InChI=1S/C17H27NO4S2Si/c1-7-9-21-15(20)12-16(23)24-14-11(13(19)18(12)14)8-10-22-25(5,6)17(2,3)4/h7,11-12,14H,1,8-10H2,2-6H3/t11-,12-,14?/m0/s1. The molecular weight excluding hydrogens is 374 g/mol. The smallest absolute Gasteiger partial charge is 0.335 e. The Morgan fingerprint density at radius 2 is 2.08 bits per heavy atom. The first-order valence-electron chi connectivity index (χ1n) is 8.45. The van der Waals surface area contributed by atoms with E-state index >= 15 is 0 Å². The van der Waals surface area contributed by atoms with E-state index in [1.54, 1.807) is 4.90 Å². The minimum Gasteiger partial charge on any atom is -0.460 e. The Kier molecular flexibility index (Phi) is 6.18. The molecule has 2 rings (SSSR count). The lowest BCUT2D eigenvalue weighted by Gasteiger charge is -2.44. The van der Waals surface area contributed by atoms with Crippen molar-refractivity contribution < 1.29 is 18.8 Å². The first kappa shape index (κ1) is 20.6. The molecule has 2 heterocycles. The minimum absolute atomic E-state index is 0.0308. The molecule has 3 atom stereocenters. The number of carbonyl (C=O) groups is 2. The van der Waals surface area contributed by atoms with Gasteiger partial charge in [-0.1, -0.05) is 57.4 Å². The van der Waals surface area contributed by atoms with E-state index in [2.05, 4.69) is 40.4 Å². The number of thiocarbonyl (C=S) groups is 1. The van der Waals surface area contributed by atoms with Gasteiger partial charge in [0, 0.05) is 6.61 Å². The SMILES string of the molecule is C=CCOC(=O)[C@H]1C(=S)SC2[C@@H](CCO[Si](C)(C)C(C)(C)C)C(=O)N21. The predicted molar refractivity (Wildman–Crippen MR) is 107 cm³/mol. The highest BCUT2D eigenvalue weighted by molar-refractivity contribution is 8.24. The Labute approximate surface area is 160 Å². The molecule has 5 nitrogen and oxygen atoms in total. The molecule has 2 aliphatic rings. The van der Waals surface area contributed by atoms with Crippen molar-refractivity contribution in [3.63, 3.8) is 0 Å². The van der Waals surface area contributed by atoms with Crippen LogP contribution in [0.25, 0.3) is 0 Å². The number of carbonyl (C=O) groups excluding carboxylic acids is 2. The number of nitrogens with zero attached hydrogens (tertiary/aromatic N) is 1. The third kappa shape index (κ3) is 4.02. The van der Waals surface area contributed by atoms with Crippen LogP contribution in [0.2, 0.25) is 18.1 Å². The lowest BCUT2D eigenvalue weighted by Crippen LogP contribution is -2.62. The summed E-state index contributed by atoms with van der Waals surface area (Å²) in [6.07, 6.45) is 2.16. The van der Waals surface area contributed by atoms with Gasteiger partial charge in [-0.25, -0.2) is 4.79 Å². The average Bonchev–Trinajstić information content (AvgIpc) is 2.81. The lowest BCUT2D eigenvalue weighted by molar-refractivity contribution is -0.162. The van der Waals surface area contributed by atoms with E-state index in [4.69, 9.17) is 21.4 Å². The molecule has 140 valence electrons. The van der Waals surface area contributed by atoms with Crippen LogP contribution in [0.15, 0.2) is 12.7 Å². The van der Waals surface area contributed by atoms with Gasteiger partial charge in [0.25, 0.3) is 0 Å². The summed E-state index contributed by atoms with van der Waals surface area (Å²) in [6.45, 7) is 15.2. The number of fused-ring (bicyclic) bond motifs is 1. The van der Waals surface area contributed by atoms with Crippen molar-refractivity contribution in [1.29, 1.82) is 0 Å². The maximum atomic E-state index is 12.5. The van der Waals surface area contributed by atoms with Crippen LogP contribution in [0.5, 0.6) is 0 Å². The van der Waals surface area contributed by atoms with Crippen LogP contribution >= 0.6 is 24.0 Å². The van der Waals surface area contributed by atoms with E-state index in [1.165, 1.54) is 17.8 Å². The molecule has 0 spiro atoms. The second-order valence-electron chi connectivity index (χ2n) is 7.90. The average molecular weight is 402 g/mol.